The van der Waals surface area contributed by atoms with Crippen molar-refractivity contribution >= 4 is 37.5 Å². The zero-order chi connectivity index (χ0) is 11.6. The molecule has 15 heavy (non-hydrogen) atoms. The summed E-state index contributed by atoms with van der Waals surface area (Å²) in [5, 5.41) is 13.1. The van der Waals surface area contributed by atoms with Crippen molar-refractivity contribution in [2.45, 2.75) is 32.4 Å². The number of aliphatic hydroxyl groups is 1. The summed E-state index contributed by atoms with van der Waals surface area (Å²) in [6.45, 7) is 5.53. The van der Waals surface area contributed by atoms with Gasteiger partial charge in [0.25, 0.3) is 0 Å². The van der Waals surface area contributed by atoms with Gasteiger partial charge in [0.1, 0.15) is 0 Å². The highest BCUT2D eigenvalue weighted by Gasteiger charge is 2.22. The molecule has 1 unspecified atom stereocenters. The summed E-state index contributed by atoms with van der Waals surface area (Å²) in [6.07, 6.45) is 0. The Balaban J connectivity index is 2.82. The molecule has 0 aliphatic heterocycles. The van der Waals surface area contributed by atoms with E-state index in [0.717, 1.165) is 14.6 Å². The molecule has 0 bridgehead atoms. The molecule has 0 fully saturated rings. The molecule has 0 aliphatic carbocycles. The van der Waals surface area contributed by atoms with E-state index in [-0.39, 0.29) is 6.04 Å². The first-order valence-electron chi connectivity index (χ1n) is 4.74. The lowest BCUT2D eigenvalue weighted by molar-refractivity contribution is 0.0649. The highest BCUT2D eigenvalue weighted by Crippen LogP contribution is 2.27. The van der Waals surface area contributed by atoms with Gasteiger partial charge in [-0.2, -0.15) is 0 Å². The molecule has 1 aromatic carbocycles. The van der Waals surface area contributed by atoms with Crippen LogP contribution in [-0.2, 0) is 0 Å². The second-order valence-electron chi connectivity index (χ2n) is 4.14. The molecule has 1 aromatic rings. The first kappa shape index (κ1) is 13.0. The minimum Gasteiger partial charge on any atom is -0.388 e. The van der Waals surface area contributed by atoms with E-state index in [1.165, 1.54) is 0 Å². The van der Waals surface area contributed by atoms with Crippen molar-refractivity contribution in [1.82, 2.24) is 0 Å². The Kier molecular flexibility index (Phi) is 4.20. The fourth-order valence-electron chi connectivity index (χ4n) is 1.02. The molecule has 1 rings (SSSR count). The Labute approximate surface area is 107 Å². The number of hydrogen-bond acceptors (Lipinski definition) is 2. The third kappa shape index (κ3) is 3.78. The lowest BCUT2D eigenvalue weighted by Gasteiger charge is -2.28. The first-order chi connectivity index (χ1) is 6.80. The van der Waals surface area contributed by atoms with E-state index in [0.29, 0.717) is 0 Å². The molecule has 0 aromatic heterocycles. The van der Waals surface area contributed by atoms with Gasteiger partial charge < -0.3 is 10.4 Å². The van der Waals surface area contributed by atoms with Gasteiger partial charge in [-0.05, 0) is 54.9 Å². The maximum absolute atomic E-state index is 9.81. The predicted molar refractivity (Wildman–Crippen MR) is 71.2 cm³/mol. The molecule has 84 valence electrons. The van der Waals surface area contributed by atoms with E-state index in [9.17, 15) is 5.11 Å². The number of nitrogens with one attached hydrogen (secondary N) is 1. The molecule has 0 aliphatic rings. The lowest BCUT2D eigenvalue weighted by Crippen LogP contribution is -2.39. The van der Waals surface area contributed by atoms with E-state index in [4.69, 9.17) is 0 Å². The van der Waals surface area contributed by atoms with E-state index in [1.54, 1.807) is 13.8 Å². The molecule has 0 saturated carbocycles. The van der Waals surface area contributed by atoms with Gasteiger partial charge in [0, 0.05) is 14.6 Å². The van der Waals surface area contributed by atoms with Crippen molar-refractivity contribution in [3.05, 3.63) is 27.1 Å². The Morgan fingerprint density at radius 2 is 1.93 bits per heavy atom. The number of anilines is 1. The fraction of sp³-hybridized carbons (Fsp3) is 0.455. The van der Waals surface area contributed by atoms with Gasteiger partial charge in [-0.3, -0.25) is 0 Å². The number of rotatable bonds is 3. The first-order valence-corrected chi connectivity index (χ1v) is 6.33. The topological polar surface area (TPSA) is 32.3 Å². The Morgan fingerprint density at radius 1 is 1.33 bits per heavy atom. The minimum atomic E-state index is -0.744. The number of hydrogen-bond donors (Lipinski definition) is 2. The van der Waals surface area contributed by atoms with Crippen LogP contribution < -0.4 is 5.32 Å². The van der Waals surface area contributed by atoms with Crippen LogP contribution in [0.3, 0.4) is 0 Å². The quantitative estimate of drug-likeness (QED) is 0.880. The molecular weight excluding hydrogens is 322 g/mol. The SMILES string of the molecule is CC(Nc1ccc(Br)cc1Br)C(C)(C)O. The molecule has 2 N–H and O–H groups in total. The third-order valence-corrected chi connectivity index (χ3v) is 3.51. The van der Waals surface area contributed by atoms with Gasteiger partial charge in [0.05, 0.1) is 11.6 Å². The average Bonchev–Trinajstić information content (AvgIpc) is 2.08. The number of benzene rings is 1. The number of halogens is 2. The van der Waals surface area contributed by atoms with Crippen LogP contribution in [0.1, 0.15) is 20.8 Å². The normalized spacial score (nSPS) is 13.7. The van der Waals surface area contributed by atoms with Crippen LogP contribution >= 0.6 is 31.9 Å². The summed E-state index contributed by atoms with van der Waals surface area (Å²) in [4.78, 5) is 0. The molecule has 0 radical (unpaired) electrons. The average molecular weight is 337 g/mol. The monoisotopic (exact) mass is 335 g/mol. The predicted octanol–water partition coefficient (Wildman–Crippen LogP) is 3.78. The second kappa shape index (κ2) is 4.85. The van der Waals surface area contributed by atoms with Crippen LogP contribution in [0.4, 0.5) is 5.69 Å². The largest absolute Gasteiger partial charge is 0.388 e. The standard InChI is InChI=1S/C11H15Br2NO/c1-7(11(2,3)15)14-10-5-4-8(12)6-9(10)13/h4-7,14-15H,1-3H3. The van der Waals surface area contributed by atoms with Crippen LogP contribution in [0.15, 0.2) is 27.1 Å². The maximum atomic E-state index is 9.81. The van der Waals surface area contributed by atoms with E-state index >= 15 is 0 Å². The van der Waals surface area contributed by atoms with Crippen molar-refractivity contribution in [1.29, 1.82) is 0 Å². The smallest absolute Gasteiger partial charge is 0.0789 e. The summed E-state index contributed by atoms with van der Waals surface area (Å²) < 4.78 is 2.00. The fourth-order valence-corrected chi connectivity index (χ4v) is 2.18. The Bertz CT molecular complexity index is 347. The molecule has 2 nitrogen and oxygen atoms in total. The van der Waals surface area contributed by atoms with Gasteiger partial charge in [0.15, 0.2) is 0 Å². The molecule has 0 amide bonds. The van der Waals surface area contributed by atoms with Crippen molar-refractivity contribution in [3.8, 4) is 0 Å². The lowest BCUT2D eigenvalue weighted by atomic mass is 10.0. The molecule has 1 atom stereocenters. The summed E-state index contributed by atoms with van der Waals surface area (Å²) in [5.74, 6) is 0. The van der Waals surface area contributed by atoms with Crippen molar-refractivity contribution < 1.29 is 5.11 Å². The Morgan fingerprint density at radius 3 is 2.40 bits per heavy atom. The van der Waals surface area contributed by atoms with Gasteiger partial charge in [-0.1, -0.05) is 15.9 Å². The summed E-state index contributed by atoms with van der Waals surface area (Å²) in [7, 11) is 0. The van der Waals surface area contributed by atoms with Gasteiger partial charge in [0.2, 0.25) is 0 Å². The summed E-state index contributed by atoms with van der Waals surface area (Å²) in [6, 6.07) is 5.88. The van der Waals surface area contributed by atoms with E-state index in [2.05, 4.69) is 37.2 Å². The summed E-state index contributed by atoms with van der Waals surface area (Å²) >= 11 is 6.86. The molecular formula is C11H15Br2NO. The molecule has 0 spiro atoms. The van der Waals surface area contributed by atoms with Crippen LogP contribution in [0.2, 0.25) is 0 Å². The zero-order valence-corrected chi connectivity index (χ0v) is 12.2. The third-order valence-electron chi connectivity index (χ3n) is 2.36. The zero-order valence-electron chi connectivity index (χ0n) is 9.01. The van der Waals surface area contributed by atoms with Gasteiger partial charge in [-0.15, -0.1) is 0 Å². The molecule has 4 heteroatoms. The van der Waals surface area contributed by atoms with Crippen molar-refractivity contribution in [2.24, 2.45) is 0 Å². The molecule has 0 heterocycles. The van der Waals surface area contributed by atoms with Crippen LogP contribution in [0.5, 0.6) is 0 Å². The van der Waals surface area contributed by atoms with Crippen LogP contribution in [-0.4, -0.2) is 16.7 Å². The van der Waals surface area contributed by atoms with E-state index < -0.39 is 5.60 Å². The van der Waals surface area contributed by atoms with Crippen molar-refractivity contribution in [3.63, 3.8) is 0 Å². The summed E-state index contributed by atoms with van der Waals surface area (Å²) in [5.41, 5.74) is 0.236. The van der Waals surface area contributed by atoms with Crippen molar-refractivity contribution in [2.75, 3.05) is 5.32 Å². The van der Waals surface area contributed by atoms with Gasteiger partial charge >= 0.3 is 0 Å². The van der Waals surface area contributed by atoms with Gasteiger partial charge in [-0.25, -0.2) is 0 Å². The Hall–Kier alpha value is -0.0600. The maximum Gasteiger partial charge on any atom is 0.0789 e. The highest BCUT2D eigenvalue weighted by atomic mass is 79.9. The molecule has 0 saturated heterocycles. The van der Waals surface area contributed by atoms with Crippen LogP contribution in [0.25, 0.3) is 0 Å². The highest BCUT2D eigenvalue weighted by molar-refractivity contribution is 9.11. The van der Waals surface area contributed by atoms with E-state index in [1.807, 2.05) is 25.1 Å². The second-order valence-corrected chi connectivity index (χ2v) is 5.91. The minimum absolute atomic E-state index is 0.0185. The van der Waals surface area contributed by atoms with Crippen LogP contribution in [0, 0.1) is 0 Å².